The van der Waals surface area contributed by atoms with Crippen molar-refractivity contribution in [1.82, 2.24) is 10.2 Å². The van der Waals surface area contributed by atoms with E-state index in [0.29, 0.717) is 11.1 Å². The van der Waals surface area contributed by atoms with Crippen LogP contribution in [0.25, 0.3) is 0 Å². The molecule has 0 unspecified atom stereocenters. The first-order valence-electron chi connectivity index (χ1n) is 7.73. The molecule has 2 rings (SSSR count). The molecule has 0 radical (unpaired) electrons. The molecule has 130 valence electrons. The van der Waals surface area contributed by atoms with Gasteiger partial charge < -0.3 is 10.2 Å². The maximum atomic E-state index is 12.3. The third-order valence-corrected chi connectivity index (χ3v) is 3.97. The van der Waals surface area contributed by atoms with Gasteiger partial charge in [-0.15, -0.1) is 0 Å². The lowest BCUT2D eigenvalue weighted by Crippen LogP contribution is -2.39. The number of benzene rings is 2. The molecule has 2 aromatic rings. The smallest absolute Gasteiger partial charge is 0.269 e. The standard InChI is InChI=1S/C18H19N3O4/c1-13(15-9-6-10-16(11-15)21(24)25)20(2)17(22)12-19-18(23)14-7-4-3-5-8-14/h3-11,13H,12H2,1-2H3,(H,19,23)/t13-/m1/s1. The molecule has 0 spiro atoms. The Balaban J connectivity index is 1.98. The lowest BCUT2D eigenvalue weighted by Gasteiger charge is -2.25. The van der Waals surface area contributed by atoms with E-state index in [-0.39, 0.29) is 30.1 Å². The van der Waals surface area contributed by atoms with E-state index in [1.807, 2.05) is 0 Å². The molecule has 0 saturated heterocycles. The average molecular weight is 341 g/mol. The van der Waals surface area contributed by atoms with Crippen molar-refractivity contribution >= 4 is 17.5 Å². The van der Waals surface area contributed by atoms with E-state index in [1.54, 1.807) is 56.4 Å². The van der Waals surface area contributed by atoms with Gasteiger partial charge in [0, 0.05) is 24.7 Å². The largest absolute Gasteiger partial charge is 0.343 e. The van der Waals surface area contributed by atoms with Crippen molar-refractivity contribution in [2.45, 2.75) is 13.0 Å². The molecule has 0 heterocycles. The second kappa shape index (κ2) is 8.05. The highest BCUT2D eigenvalue weighted by atomic mass is 16.6. The molecule has 1 atom stereocenters. The van der Waals surface area contributed by atoms with Crippen molar-refractivity contribution in [2.24, 2.45) is 0 Å². The Morgan fingerprint density at radius 3 is 2.48 bits per heavy atom. The molecule has 25 heavy (non-hydrogen) atoms. The lowest BCUT2D eigenvalue weighted by molar-refractivity contribution is -0.384. The van der Waals surface area contributed by atoms with Crippen LogP contribution in [-0.4, -0.2) is 35.2 Å². The van der Waals surface area contributed by atoms with Gasteiger partial charge in [-0.1, -0.05) is 30.3 Å². The number of amides is 2. The molecule has 0 aliphatic heterocycles. The van der Waals surface area contributed by atoms with Crippen LogP contribution < -0.4 is 5.32 Å². The molecule has 0 fully saturated rings. The summed E-state index contributed by atoms with van der Waals surface area (Å²) in [5.74, 6) is -0.617. The number of carbonyl (C=O) groups is 2. The van der Waals surface area contributed by atoms with E-state index in [9.17, 15) is 19.7 Å². The van der Waals surface area contributed by atoms with Gasteiger partial charge in [0.2, 0.25) is 5.91 Å². The number of nitrogens with one attached hydrogen (secondary N) is 1. The maximum absolute atomic E-state index is 12.3. The molecule has 0 aliphatic rings. The van der Waals surface area contributed by atoms with Crippen molar-refractivity contribution in [2.75, 3.05) is 13.6 Å². The van der Waals surface area contributed by atoms with Crippen LogP contribution in [0, 0.1) is 10.1 Å². The summed E-state index contributed by atoms with van der Waals surface area (Å²) in [6, 6.07) is 14.4. The summed E-state index contributed by atoms with van der Waals surface area (Å²) in [4.78, 5) is 36.1. The van der Waals surface area contributed by atoms with Gasteiger partial charge in [0.25, 0.3) is 11.6 Å². The third-order valence-electron chi connectivity index (χ3n) is 3.97. The quantitative estimate of drug-likeness (QED) is 0.645. The van der Waals surface area contributed by atoms with Crippen LogP contribution in [-0.2, 0) is 4.79 Å². The van der Waals surface area contributed by atoms with Crippen LogP contribution in [0.15, 0.2) is 54.6 Å². The summed E-state index contributed by atoms with van der Waals surface area (Å²) in [6.07, 6.45) is 0. The highest BCUT2D eigenvalue weighted by Crippen LogP contribution is 2.22. The molecule has 0 aliphatic carbocycles. The zero-order valence-corrected chi connectivity index (χ0v) is 14.0. The minimum atomic E-state index is -0.474. The Hall–Kier alpha value is -3.22. The van der Waals surface area contributed by atoms with Crippen molar-refractivity contribution in [3.05, 3.63) is 75.8 Å². The van der Waals surface area contributed by atoms with E-state index in [2.05, 4.69) is 5.32 Å². The average Bonchev–Trinajstić information content (AvgIpc) is 2.65. The fourth-order valence-corrected chi connectivity index (χ4v) is 2.31. The second-order valence-electron chi connectivity index (χ2n) is 5.58. The Kier molecular flexibility index (Phi) is 5.84. The van der Waals surface area contributed by atoms with Gasteiger partial charge >= 0.3 is 0 Å². The van der Waals surface area contributed by atoms with E-state index in [0.717, 1.165) is 0 Å². The number of carbonyl (C=O) groups excluding carboxylic acids is 2. The van der Waals surface area contributed by atoms with Gasteiger partial charge in [-0.3, -0.25) is 19.7 Å². The highest BCUT2D eigenvalue weighted by molar-refractivity contribution is 5.96. The van der Waals surface area contributed by atoms with Crippen LogP contribution in [0.1, 0.15) is 28.9 Å². The summed E-state index contributed by atoms with van der Waals surface area (Å²) >= 11 is 0. The van der Waals surface area contributed by atoms with E-state index >= 15 is 0 Å². The summed E-state index contributed by atoms with van der Waals surface area (Å²) in [5.41, 5.74) is 1.10. The van der Waals surface area contributed by atoms with E-state index in [1.165, 1.54) is 17.0 Å². The third kappa shape index (κ3) is 4.63. The first-order chi connectivity index (χ1) is 11.9. The van der Waals surface area contributed by atoms with Crippen molar-refractivity contribution in [3.63, 3.8) is 0 Å². The monoisotopic (exact) mass is 341 g/mol. The van der Waals surface area contributed by atoms with Crippen LogP contribution in [0.2, 0.25) is 0 Å². The Morgan fingerprint density at radius 2 is 1.84 bits per heavy atom. The summed E-state index contributed by atoms with van der Waals surface area (Å²) < 4.78 is 0. The van der Waals surface area contributed by atoms with Gasteiger partial charge in [-0.25, -0.2) is 0 Å². The van der Waals surface area contributed by atoms with E-state index < -0.39 is 4.92 Å². The van der Waals surface area contributed by atoms with Crippen molar-refractivity contribution in [3.8, 4) is 0 Å². The molecule has 0 aromatic heterocycles. The van der Waals surface area contributed by atoms with Crippen LogP contribution in [0.5, 0.6) is 0 Å². The molecule has 0 saturated carbocycles. The Bertz CT molecular complexity index is 777. The van der Waals surface area contributed by atoms with Gasteiger partial charge in [0.15, 0.2) is 0 Å². The summed E-state index contributed by atoms with van der Waals surface area (Å²) in [5, 5.41) is 13.4. The zero-order chi connectivity index (χ0) is 18.4. The molecule has 2 amide bonds. The van der Waals surface area contributed by atoms with Gasteiger partial charge in [-0.2, -0.15) is 0 Å². The molecule has 2 aromatic carbocycles. The normalized spacial score (nSPS) is 11.4. The van der Waals surface area contributed by atoms with E-state index in [4.69, 9.17) is 0 Å². The highest BCUT2D eigenvalue weighted by Gasteiger charge is 2.19. The van der Waals surface area contributed by atoms with Gasteiger partial charge in [0.05, 0.1) is 17.5 Å². The van der Waals surface area contributed by atoms with Crippen LogP contribution in [0.3, 0.4) is 0 Å². The Labute approximate surface area is 145 Å². The minimum absolute atomic E-state index is 0.0254. The molecule has 7 nitrogen and oxygen atoms in total. The van der Waals surface area contributed by atoms with Crippen LogP contribution in [0.4, 0.5) is 5.69 Å². The SMILES string of the molecule is C[C@H](c1cccc([N+](=O)[O-])c1)N(C)C(=O)CNC(=O)c1ccccc1. The molecular formula is C18H19N3O4. The van der Waals surface area contributed by atoms with Gasteiger partial charge in [0.1, 0.15) is 0 Å². The summed E-state index contributed by atoms with van der Waals surface area (Å²) in [7, 11) is 1.60. The van der Waals surface area contributed by atoms with Crippen molar-refractivity contribution < 1.29 is 14.5 Å². The predicted octanol–water partition coefficient (Wildman–Crippen LogP) is 2.54. The predicted molar refractivity (Wildman–Crippen MR) is 93.1 cm³/mol. The number of nitro groups is 1. The number of rotatable bonds is 6. The summed E-state index contributed by atoms with van der Waals surface area (Å²) in [6.45, 7) is 1.62. The van der Waals surface area contributed by atoms with Crippen LogP contribution >= 0.6 is 0 Å². The van der Waals surface area contributed by atoms with Gasteiger partial charge in [-0.05, 0) is 24.6 Å². The second-order valence-corrected chi connectivity index (χ2v) is 5.58. The molecule has 7 heteroatoms. The fraction of sp³-hybridized carbons (Fsp3) is 0.222. The first-order valence-corrected chi connectivity index (χ1v) is 7.73. The Morgan fingerprint density at radius 1 is 1.16 bits per heavy atom. The number of non-ortho nitro benzene ring substituents is 1. The zero-order valence-electron chi connectivity index (χ0n) is 14.0. The number of nitrogens with zero attached hydrogens (tertiary/aromatic N) is 2. The number of hydrogen-bond acceptors (Lipinski definition) is 4. The lowest BCUT2D eigenvalue weighted by atomic mass is 10.1. The topological polar surface area (TPSA) is 92.6 Å². The molecule has 1 N–H and O–H groups in total. The fourth-order valence-electron chi connectivity index (χ4n) is 2.31. The first kappa shape index (κ1) is 18.1. The minimum Gasteiger partial charge on any atom is -0.343 e. The number of nitro benzene ring substituents is 1. The molecule has 0 bridgehead atoms. The number of likely N-dealkylation sites (N-methyl/N-ethyl adjacent to an activating group) is 1. The number of hydrogen-bond donors (Lipinski definition) is 1. The maximum Gasteiger partial charge on any atom is 0.269 e. The molecular weight excluding hydrogens is 322 g/mol. The van der Waals surface area contributed by atoms with Crippen molar-refractivity contribution in [1.29, 1.82) is 0 Å².